The smallest absolute Gasteiger partial charge is 0.198 e. The molecule has 0 amide bonds. The molecule has 2 aromatic carbocycles. The van der Waals surface area contributed by atoms with E-state index in [0.29, 0.717) is 0 Å². The zero-order chi connectivity index (χ0) is 20.9. The molecule has 4 rings (SSSR count). The molecule has 158 valence electrons. The molecule has 0 radical (unpaired) electrons. The third-order valence-corrected chi connectivity index (χ3v) is 6.18. The zero-order valence-corrected chi connectivity index (χ0v) is 18.5. The molecule has 2 heterocycles. The fourth-order valence-corrected chi connectivity index (χ4v) is 4.03. The summed E-state index contributed by atoms with van der Waals surface area (Å²) in [5.74, 6) is 1.91. The van der Waals surface area contributed by atoms with Gasteiger partial charge < -0.3 is 9.30 Å². The first-order chi connectivity index (χ1) is 14.6. The zero-order valence-electron chi connectivity index (χ0n) is 17.7. The molecule has 0 saturated carbocycles. The van der Waals surface area contributed by atoms with Gasteiger partial charge in [-0.2, -0.15) is 5.10 Å². The van der Waals surface area contributed by atoms with E-state index >= 15 is 0 Å². The first kappa shape index (κ1) is 20.8. The molecule has 1 fully saturated rings. The summed E-state index contributed by atoms with van der Waals surface area (Å²) in [5, 5.41) is 4.81. The van der Waals surface area contributed by atoms with E-state index in [1.165, 1.54) is 11.1 Å². The minimum Gasteiger partial charge on any atom is -0.497 e. The van der Waals surface area contributed by atoms with Gasteiger partial charge in [0.15, 0.2) is 4.77 Å². The van der Waals surface area contributed by atoms with Crippen molar-refractivity contribution in [3.05, 3.63) is 76.3 Å². The molecule has 1 saturated heterocycles. The summed E-state index contributed by atoms with van der Waals surface area (Å²) in [5.41, 5.74) is 2.57. The molecule has 0 bridgehead atoms. The Bertz CT molecular complexity index is 1000. The fraction of sp³-hybridized carbons (Fsp3) is 0.391. The van der Waals surface area contributed by atoms with Crippen molar-refractivity contribution in [2.24, 2.45) is 7.05 Å². The maximum absolute atomic E-state index is 5.65. The number of hydrogen-bond donors (Lipinski definition) is 0. The molecule has 0 aliphatic carbocycles. The highest BCUT2D eigenvalue weighted by molar-refractivity contribution is 7.71. The third kappa shape index (κ3) is 4.98. The van der Waals surface area contributed by atoms with Crippen molar-refractivity contribution in [3.8, 4) is 5.75 Å². The lowest BCUT2D eigenvalue weighted by molar-refractivity contribution is 0.0979. The summed E-state index contributed by atoms with van der Waals surface area (Å²) >= 11 is 5.65. The van der Waals surface area contributed by atoms with Gasteiger partial charge in [0.2, 0.25) is 0 Å². The number of hydrogen-bond acceptors (Lipinski definition) is 5. The van der Waals surface area contributed by atoms with Gasteiger partial charge in [-0.05, 0) is 35.5 Å². The van der Waals surface area contributed by atoms with Crippen LogP contribution in [0.5, 0.6) is 5.75 Å². The normalized spacial score (nSPS) is 15.4. The van der Waals surface area contributed by atoms with Crippen molar-refractivity contribution in [2.75, 3.05) is 33.3 Å². The van der Waals surface area contributed by atoms with E-state index in [1.807, 2.05) is 34.5 Å². The van der Waals surface area contributed by atoms with Gasteiger partial charge in [-0.3, -0.25) is 9.80 Å². The van der Waals surface area contributed by atoms with Gasteiger partial charge in [0.05, 0.1) is 13.8 Å². The van der Waals surface area contributed by atoms with E-state index < -0.39 is 0 Å². The number of rotatable bonds is 7. The SMILES string of the molecule is COc1ccc(CN2CCN(Cn3nc(Cc4ccccc4)n(C)c3=S)CC2)cc1. The van der Waals surface area contributed by atoms with Crippen molar-refractivity contribution >= 4 is 12.2 Å². The molecule has 30 heavy (non-hydrogen) atoms. The predicted molar refractivity (Wildman–Crippen MR) is 121 cm³/mol. The van der Waals surface area contributed by atoms with E-state index in [9.17, 15) is 0 Å². The quantitative estimate of drug-likeness (QED) is 0.545. The highest BCUT2D eigenvalue weighted by atomic mass is 32.1. The molecule has 1 aliphatic rings. The Kier molecular flexibility index (Phi) is 6.62. The minimum atomic E-state index is 0.748. The standard InChI is InChI=1S/C23H29N5OS/c1-25-22(16-19-6-4-3-5-7-19)24-28(23(25)30)18-27-14-12-26(13-15-27)17-20-8-10-21(29-2)11-9-20/h3-11H,12-18H2,1-2H3. The minimum absolute atomic E-state index is 0.748. The topological polar surface area (TPSA) is 38.5 Å². The van der Waals surface area contributed by atoms with Gasteiger partial charge in [0, 0.05) is 46.2 Å². The summed E-state index contributed by atoms with van der Waals surface area (Å²) < 4.78 is 10.0. The summed E-state index contributed by atoms with van der Waals surface area (Å²) in [6.45, 7) is 5.84. The molecule has 0 spiro atoms. The lowest BCUT2D eigenvalue weighted by atomic mass is 10.1. The second kappa shape index (κ2) is 9.55. The van der Waals surface area contributed by atoms with Gasteiger partial charge in [-0.15, -0.1) is 0 Å². The van der Waals surface area contributed by atoms with Crippen LogP contribution in [0.4, 0.5) is 0 Å². The molecular weight excluding hydrogens is 394 g/mol. The van der Waals surface area contributed by atoms with Crippen LogP contribution < -0.4 is 4.74 Å². The molecule has 0 N–H and O–H groups in total. The molecule has 0 atom stereocenters. The number of nitrogens with zero attached hydrogens (tertiary/aromatic N) is 5. The van der Waals surface area contributed by atoms with Gasteiger partial charge >= 0.3 is 0 Å². The van der Waals surface area contributed by atoms with Crippen LogP contribution in [-0.4, -0.2) is 57.4 Å². The van der Waals surface area contributed by atoms with Gasteiger partial charge in [-0.25, -0.2) is 4.68 Å². The van der Waals surface area contributed by atoms with Crippen LogP contribution in [0.1, 0.15) is 17.0 Å². The Morgan fingerprint density at radius 1 is 0.900 bits per heavy atom. The molecule has 1 aromatic heterocycles. The first-order valence-corrected chi connectivity index (χ1v) is 10.8. The van der Waals surface area contributed by atoms with Crippen molar-refractivity contribution in [2.45, 2.75) is 19.6 Å². The summed E-state index contributed by atoms with van der Waals surface area (Å²) in [7, 11) is 3.71. The van der Waals surface area contributed by atoms with Crippen LogP contribution in [0.15, 0.2) is 54.6 Å². The van der Waals surface area contributed by atoms with Crippen molar-refractivity contribution in [1.82, 2.24) is 24.1 Å². The Labute approximate surface area is 183 Å². The van der Waals surface area contributed by atoms with Crippen LogP contribution in [0.2, 0.25) is 0 Å². The number of benzene rings is 2. The van der Waals surface area contributed by atoms with E-state index in [2.05, 4.69) is 46.2 Å². The van der Waals surface area contributed by atoms with Gasteiger partial charge in [0.25, 0.3) is 0 Å². The van der Waals surface area contributed by atoms with Crippen LogP contribution in [0, 0.1) is 4.77 Å². The Hall–Kier alpha value is -2.48. The van der Waals surface area contributed by atoms with Crippen molar-refractivity contribution < 1.29 is 4.74 Å². The van der Waals surface area contributed by atoms with Crippen LogP contribution >= 0.6 is 12.2 Å². The van der Waals surface area contributed by atoms with Crippen LogP contribution in [-0.2, 0) is 26.7 Å². The highest BCUT2D eigenvalue weighted by Gasteiger charge is 2.19. The Morgan fingerprint density at radius 3 is 2.23 bits per heavy atom. The van der Waals surface area contributed by atoms with Crippen LogP contribution in [0.3, 0.4) is 0 Å². The predicted octanol–water partition coefficient (Wildman–Crippen LogP) is 3.33. The van der Waals surface area contributed by atoms with Gasteiger partial charge in [-0.1, -0.05) is 42.5 Å². The maximum Gasteiger partial charge on any atom is 0.198 e. The van der Waals surface area contributed by atoms with E-state index in [0.717, 1.165) is 62.2 Å². The van der Waals surface area contributed by atoms with E-state index in [-0.39, 0.29) is 0 Å². The van der Waals surface area contributed by atoms with Crippen molar-refractivity contribution in [3.63, 3.8) is 0 Å². The molecule has 7 heteroatoms. The summed E-state index contributed by atoms with van der Waals surface area (Å²) in [6.07, 6.45) is 0.795. The number of ether oxygens (including phenoxy) is 1. The van der Waals surface area contributed by atoms with Crippen molar-refractivity contribution in [1.29, 1.82) is 0 Å². The Balaban J connectivity index is 1.32. The third-order valence-electron chi connectivity index (χ3n) is 5.70. The maximum atomic E-state index is 5.65. The monoisotopic (exact) mass is 423 g/mol. The van der Waals surface area contributed by atoms with Gasteiger partial charge in [0.1, 0.15) is 11.6 Å². The van der Waals surface area contributed by atoms with Crippen LogP contribution in [0.25, 0.3) is 0 Å². The lowest BCUT2D eigenvalue weighted by Crippen LogP contribution is -2.46. The molecule has 0 unspecified atom stereocenters. The number of aromatic nitrogens is 3. The molecular formula is C23H29N5OS. The first-order valence-electron chi connectivity index (χ1n) is 10.4. The second-order valence-corrected chi connectivity index (χ2v) is 8.17. The largest absolute Gasteiger partial charge is 0.497 e. The average molecular weight is 424 g/mol. The molecule has 6 nitrogen and oxygen atoms in total. The summed E-state index contributed by atoms with van der Waals surface area (Å²) in [4.78, 5) is 4.93. The second-order valence-electron chi connectivity index (χ2n) is 7.80. The molecule has 1 aliphatic heterocycles. The fourth-order valence-electron chi connectivity index (χ4n) is 3.82. The lowest BCUT2D eigenvalue weighted by Gasteiger charge is -2.34. The van der Waals surface area contributed by atoms with E-state index in [4.69, 9.17) is 22.1 Å². The average Bonchev–Trinajstić information content (AvgIpc) is 3.04. The Morgan fingerprint density at radius 2 is 1.57 bits per heavy atom. The highest BCUT2D eigenvalue weighted by Crippen LogP contribution is 2.15. The van der Waals surface area contributed by atoms with E-state index in [1.54, 1.807) is 7.11 Å². The summed E-state index contributed by atoms with van der Waals surface area (Å²) in [6, 6.07) is 18.8. The molecule has 3 aromatic rings. The number of methoxy groups -OCH3 is 1. The number of piperazine rings is 1.